The molecule has 0 amide bonds. The van der Waals surface area contributed by atoms with Crippen LogP contribution in [0.2, 0.25) is 0 Å². The number of rotatable bonds is 9. The lowest BCUT2D eigenvalue weighted by Gasteiger charge is -2.33. The van der Waals surface area contributed by atoms with Crippen molar-refractivity contribution in [3.63, 3.8) is 0 Å². The van der Waals surface area contributed by atoms with Gasteiger partial charge in [0.15, 0.2) is 0 Å². The third-order valence-corrected chi connectivity index (χ3v) is 2.88. The van der Waals surface area contributed by atoms with E-state index in [1.54, 1.807) is 0 Å². The average Bonchev–Trinajstić information content (AvgIpc) is 2.14. The van der Waals surface area contributed by atoms with Crippen LogP contribution in [-0.4, -0.2) is 37.6 Å². The highest BCUT2D eigenvalue weighted by molar-refractivity contribution is 4.76. The van der Waals surface area contributed by atoms with Crippen LogP contribution < -0.4 is 5.32 Å². The maximum atomic E-state index is 3.58. The molecule has 0 heterocycles. The average molecular weight is 242 g/mol. The van der Waals surface area contributed by atoms with Crippen LogP contribution in [0.3, 0.4) is 0 Å². The summed E-state index contributed by atoms with van der Waals surface area (Å²) in [4.78, 5) is 2.57. The molecule has 0 fully saturated rings. The van der Waals surface area contributed by atoms with E-state index in [0.29, 0.717) is 5.41 Å². The van der Waals surface area contributed by atoms with Crippen molar-refractivity contribution >= 4 is 0 Å². The Balaban J connectivity index is 4.02. The van der Waals surface area contributed by atoms with Gasteiger partial charge in [0.1, 0.15) is 0 Å². The Labute approximate surface area is 109 Å². The molecule has 0 aromatic heterocycles. The van der Waals surface area contributed by atoms with E-state index >= 15 is 0 Å². The lowest BCUT2D eigenvalue weighted by molar-refractivity contribution is 0.165. The summed E-state index contributed by atoms with van der Waals surface area (Å²) in [6, 6.07) is 0. The lowest BCUT2D eigenvalue weighted by Crippen LogP contribution is -2.42. The molecule has 1 N–H and O–H groups in total. The first-order chi connectivity index (χ1) is 7.76. The highest BCUT2D eigenvalue weighted by Crippen LogP contribution is 2.16. The molecule has 17 heavy (non-hydrogen) atoms. The Kier molecular flexibility index (Phi) is 8.06. The molecule has 0 aromatic carbocycles. The van der Waals surface area contributed by atoms with Gasteiger partial charge in [0.2, 0.25) is 0 Å². The molecule has 2 heteroatoms. The predicted molar refractivity (Wildman–Crippen MR) is 78.4 cm³/mol. The number of hydrogen-bond donors (Lipinski definition) is 1. The molecule has 0 spiro atoms. The molecule has 0 aliphatic rings. The van der Waals surface area contributed by atoms with Crippen molar-refractivity contribution in [1.82, 2.24) is 10.2 Å². The van der Waals surface area contributed by atoms with E-state index < -0.39 is 0 Å². The topological polar surface area (TPSA) is 15.3 Å². The van der Waals surface area contributed by atoms with E-state index in [-0.39, 0.29) is 0 Å². The molecule has 0 saturated heterocycles. The monoisotopic (exact) mass is 242 g/mol. The van der Waals surface area contributed by atoms with Crippen LogP contribution in [0, 0.1) is 17.3 Å². The van der Waals surface area contributed by atoms with Gasteiger partial charge < -0.3 is 10.2 Å². The molecule has 0 aliphatic carbocycles. The largest absolute Gasteiger partial charge is 0.316 e. The van der Waals surface area contributed by atoms with E-state index in [0.717, 1.165) is 31.5 Å². The Morgan fingerprint density at radius 2 is 1.65 bits per heavy atom. The Morgan fingerprint density at radius 3 is 2.06 bits per heavy atom. The van der Waals surface area contributed by atoms with Crippen LogP contribution in [0.15, 0.2) is 0 Å². The van der Waals surface area contributed by atoms with Gasteiger partial charge in [-0.05, 0) is 30.3 Å². The summed E-state index contributed by atoms with van der Waals surface area (Å²) in [6.45, 7) is 21.9. The van der Waals surface area contributed by atoms with E-state index in [4.69, 9.17) is 0 Å². The molecule has 0 saturated carbocycles. The fraction of sp³-hybridized carbons (Fsp3) is 1.00. The molecule has 0 radical (unpaired) electrons. The Hall–Kier alpha value is -0.0800. The van der Waals surface area contributed by atoms with Crippen molar-refractivity contribution < 1.29 is 0 Å². The maximum absolute atomic E-state index is 3.58. The van der Waals surface area contributed by atoms with Gasteiger partial charge in [0.05, 0.1) is 0 Å². The molecule has 2 nitrogen and oxygen atoms in total. The first-order valence-corrected chi connectivity index (χ1v) is 7.20. The standard InChI is InChI=1S/C15H34N2/c1-8-17(10-14(4)5)12-15(6,7)11-16-9-13(2)3/h13-14,16H,8-12H2,1-7H3. The lowest BCUT2D eigenvalue weighted by atomic mass is 9.92. The second kappa shape index (κ2) is 8.10. The van der Waals surface area contributed by atoms with Crippen LogP contribution >= 0.6 is 0 Å². The Morgan fingerprint density at radius 1 is 1.06 bits per heavy atom. The smallest absolute Gasteiger partial charge is 0.00448 e. The van der Waals surface area contributed by atoms with E-state index in [2.05, 4.69) is 58.7 Å². The van der Waals surface area contributed by atoms with Crippen LogP contribution in [0.4, 0.5) is 0 Å². The summed E-state index contributed by atoms with van der Waals surface area (Å²) < 4.78 is 0. The van der Waals surface area contributed by atoms with Crippen LogP contribution in [0.5, 0.6) is 0 Å². The minimum Gasteiger partial charge on any atom is -0.316 e. The van der Waals surface area contributed by atoms with E-state index in [1.807, 2.05) is 0 Å². The second-order valence-electron chi connectivity index (χ2n) is 6.91. The van der Waals surface area contributed by atoms with Gasteiger partial charge in [-0.3, -0.25) is 0 Å². The fourth-order valence-corrected chi connectivity index (χ4v) is 2.18. The predicted octanol–water partition coefficient (Wildman–Crippen LogP) is 3.24. The molecule has 0 aromatic rings. The molecular weight excluding hydrogens is 208 g/mol. The normalized spacial score (nSPS) is 13.1. The fourth-order valence-electron chi connectivity index (χ4n) is 2.18. The first-order valence-electron chi connectivity index (χ1n) is 7.20. The number of nitrogens with one attached hydrogen (secondary N) is 1. The van der Waals surface area contributed by atoms with Gasteiger partial charge in [-0.2, -0.15) is 0 Å². The van der Waals surface area contributed by atoms with Crippen molar-refractivity contribution in [2.75, 3.05) is 32.7 Å². The van der Waals surface area contributed by atoms with Gasteiger partial charge in [0, 0.05) is 19.6 Å². The van der Waals surface area contributed by atoms with Crippen LogP contribution in [0.1, 0.15) is 48.5 Å². The second-order valence-corrected chi connectivity index (χ2v) is 6.91. The summed E-state index contributed by atoms with van der Waals surface area (Å²) in [7, 11) is 0. The number of hydrogen-bond acceptors (Lipinski definition) is 2. The Bertz CT molecular complexity index is 185. The van der Waals surface area contributed by atoms with Gasteiger partial charge in [0.25, 0.3) is 0 Å². The molecule has 0 atom stereocenters. The quantitative estimate of drug-likeness (QED) is 0.668. The summed E-state index contributed by atoms with van der Waals surface area (Å²) in [5, 5.41) is 3.58. The van der Waals surface area contributed by atoms with Gasteiger partial charge >= 0.3 is 0 Å². The van der Waals surface area contributed by atoms with Gasteiger partial charge in [-0.1, -0.05) is 48.5 Å². The molecule has 0 bridgehead atoms. The van der Waals surface area contributed by atoms with Crippen molar-refractivity contribution in [2.24, 2.45) is 17.3 Å². The molecule has 0 rings (SSSR count). The van der Waals surface area contributed by atoms with Crippen molar-refractivity contribution in [1.29, 1.82) is 0 Å². The zero-order chi connectivity index (χ0) is 13.5. The van der Waals surface area contributed by atoms with Crippen LogP contribution in [-0.2, 0) is 0 Å². The van der Waals surface area contributed by atoms with Crippen molar-refractivity contribution in [2.45, 2.75) is 48.5 Å². The highest BCUT2D eigenvalue weighted by atomic mass is 15.1. The summed E-state index contributed by atoms with van der Waals surface area (Å²) >= 11 is 0. The zero-order valence-electron chi connectivity index (χ0n) is 13.1. The van der Waals surface area contributed by atoms with E-state index in [9.17, 15) is 0 Å². The molecular formula is C15H34N2. The minimum absolute atomic E-state index is 0.361. The van der Waals surface area contributed by atoms with E-state index in [1.165, 1.54) is 13.1 Å². The summed E-state index contributed by atoms with van der Waals surface area (Å²) in [6.07, 6.45) is 0. The van der Waals surface area contributed by atoms with Gasteiger partial charge in [-0.25, -0.2) is 0 Å². The van der Waals surface area contributed by atoms with Crippen molar-refractivity contribution in [3.8, 4) is 0 Å². The zero-order valence-corrected chi connectivity index (χ0v) is 13.1. The summed E-state index contributed by atoms with van der Waals surface area (Å²) in [5.41, 5.74) is 0.361. The number of nitrogens with zero attached hydrogens (tertiary/aromatic N) is 1. The molecule has 104 valence electrons. The highest BCUT2D eigenvalue weighted by Gasteiger charge is 2.21. The summed E-state index contributed by atoms with van der Waals surface area (Å²) in [5.74, 6) is 1.50. The minimum atomic E-state index is 0.361. The van der Waals surface area contributed by atoms with Crippen molar-refractivity contribution in [3.05, 3.63) is 0 Å². The first kappa shape index (κ1) is 16.9. The third-order valence-electron chi connectivity index (χ3n) is 2.88. The molecule has 0 aliphatic heterocycles. The van der Waals surface area contributed by atoms with Gasteiger partial charge in [-0.15, -0.1) is 0 Å². The molecule has 0 unspecified atom stereocenters. The van der Waals surface area contributed by atoms with Crippen LogP contribution in [0.25, 0.3) is 0 Å². The SMILES string of the molecule is CCN(CC(C)C)CC(C)(C)CNCC(C)C. The maximum Gasteiger partial charge on any atom is 0.00448 e. The third kappa shape index (κ3) is 9.61.